The molecule has 0 bridgehead atoms. The fourth-order valence-corrected chi connectivity index (χ4v) is 3.04. The van der Waals surface area contributed by atoms with Crippen LogP contribution in [0.1, 0.15) is 0 Å². The topological polar surface area (TPSA) is 138 Å². The molecule has 2 rings (SSSR count). The van der Waals surface area contributed by atoms with Crippen molar-refractivity contribution in [1.29, 1.82) is 0 Å². The third-order valence-electron chi connectivity index (χ3n) is 2.51. The number of rotatable bonds is 2. The van der Waals surface area contributed by atoms with Crippen LogP contribution in [-0.2, 0) is 20.2 Å². The minimum Gasteiger partial charge on any atom is -0.744 e. The molecule has 0 heterocycles. The molecule has 0 saturated carbocycles. The van der Waals surface area contributed by atoms with Gasteiger partial charge in [0.15, 0.2) is 0 Å². The predicted octanol–water partition coefficient (Wildman–Crippen LogP) is 0.573. The van der Waals surface area contributed by atoms with Gasteiger partial charge in [-0.15, -0.1) is 0 Å². The van der Waals surface area contributed by atoms with Crippen molar-refractivity contribution in [1.82, 2.24) is 0 Å². The lowest BCUT2D eigenvalue weighted by molar-refractivity contribution is 0.463. The Kier molecular flexibility index (Phi) is 3.01. The summed E-state index contributed by atoms with van der Waals surface area (Å²) in [5.74, 6) is 0. The fraction of sp³-hybridized carbons (Fsp3) is 0. The van der Waals surface area contributed by atoms with Crippen LogP contribution < -0.4 is 5.73 Å². The van der Waals surface area contributed by atoms with Gasteiger partial charge in [0.05, 0.1) is 4.90 Å². The first-order valence-electron chi connectivity index (χ1n) is 4.86. The molecule has 0 saturated heterocycles. The van der Waals surface area contributed by atoms with Gasteiger partial charge in [0.25, 0.3) is 10.1 Å². The van der Waals surface area contributed by atoms with Gasteiger partial charge in [-0.05, 0) is 23.6 Å². The predicted molar refractivity (Wildman–Crippen MR) is 66.1 cm³/mol. The van der Waals surface area contributed by atoms with Crippen LogP contribution in [0.2, 0.25) is 0 Å². The first-order valence-corrected chi connectivity index (χ1v) is 7.71. The van der Waals surface area contributed by atoms with Gasteiger partial charge in [-0.25, -0.2) is 8.42 Å². The van der Waals surface area contributed by atoms with Gasteiger partial charge < -0.3 is 10.3 Å². The highest BCUT2D eigenvalue weighted by atomic mass is 32.2. The van der Waals surface area contributed by atoms with Crippen LogP contribution in [0.3, 0.4) is 0 Å². The lowest BCUT2D eigenvalue weighted by Crippen LogP contribution is -2.04. The largest absolute Gasteiger partial charge is 0.744 e. The minimum absolute atomic E-state index is 0.0302. The maximum atomic E-state index is 11.2. The Morgan fingerprint density at radius 3 is 2.26 bits per heavy atom. The Bertz CT molecular complexity index is 870. The van der Waals surface area contributed by atoms with Gasteiger partial charge in [-0.3, -0.25) is 4.55 Å². The maximum Gasteiger partial charge on any atom is 0.295 e. The minimum atomic E-state index is -4.71. The van der Waals surface area contributed by atoms with Gasteiger partial charge in [0, 0.05) is 11.1 Å². The van der Waals surface area contributed by atoms with Crippen LogP contribution in [0.5, 0.6) is 0 Å². The molecule has 102 valence electrons. The molecule has 0 radical (unpaired) electrons. The smallest absolute Gasteiger partial charge is 0.295 e. The summed E-state index contributed by atoms with van der Waals surface area (Å²) in [7, 11) is -9.21. The summed E-state index contributed by atoms with van der Waals surface area (Å²) in [6.07, 6.45) is 0. The fourth-order valence-electron chi connectivity index (χ4n) is 1.76. The van der Waals surface area contributed by atoms with E-state index >= 15 is 0 Å². The zero-order valence-corrected chi connectivity index (χ0v) is 10.9. The molecule has 0 atom stereocenters. The monoisotopic (exact) mass is 302 g/mol. The van der Waals surface area contributed by atoms with Crippen LogP contribution in [0.15, 0.2) is 40.1 Å². The number of hydrogen-bond acceptors (Lipinski definition) is 6. The molecule has 0 amide bonds. The zero-order chi connectivity index (χ0) is 14.4. The molecule has 7 nitrogen and oxygen atoms in total. The third kappa shape index (κ3) is 2.54. The van der Waals surface area contributed by atoms with Crippen LogP contribution in [0.25, 0.3) is 10.8 Å². The zero-order valence-electron chi connectivity index (χ0n) is 9.27. The maximum absolute atomic E-state index is 11.2. The van der Waals surface area contributed by atoms with Crippen molar-refractivity contribution in [3.63, 3.8) is 0 Å². The molecule has 0 unspecified atom stereocenters. The number of benzene rings is 2. The Labute approximate surface area is 109 Å². The van der Waals surface area contributed by atoms with E-state index in [4.69, 9.17) is 10.3 Å². The van der Waals surface area contributed by atoms with Gasteiger partial charge in [-0.1, -0.05) is 12.1 Å². The Balaban J connectivity index is 2.96. The summed E-state index contributed by atoms with van der Waals surface area (Å²) in [6.45, 7) is 0. The molecular weight excluding hydrogens is 294 g/mol. The van der Waals surface area contributed by atoms with Crippen molar-refractivity contribution in [3.8, 4) is 0 Å². The molecule has 2 aromatic rings. The average Bonchev–Trinajstić information content (AvgIpc) is 2.25. The van der Waals surface area contributed by atoms with E-state index in [9.17, 15) is 21.4 Å². The molecule has 0 spiro atoms. The second kappa shape index (κ2) is 4.17. The van der Waals surface area contributed by atoms with E-state index in [1.807, 2.05) is 0 Å². The van der Waals surface area contributed by atoms with E-state index in [-0.39, 0.29) is 16.5 Å². The number of nitrogen functional groups attached to an aromatic ring is 1. The highest BCUT2D eigenvalue weighted by Crippen LogP contribution is 2.30. The normalized spacial score (nSPS) is 12.7. The Hall–Kier alpha value is -1.68. The standard InChI is InChI=1S/C10H9NO6S2/c11-8-5-7(18(12,13)14)4-6-2-1-3-9(10(6)8)19(15,16)17/h1-5H,11H2,(H,12,13,14)(H,15,16,17)/p-1. The van der Waals surface area contributed by atoms with Gasteiger partial charge in [0.2, 0.25) is 0 Å². The highest BCUT2D eigenvalue weighted by Gasteiger charge is 2.17. The molecule has 0 aliphatic carbocycles. The average molecular weight is 302 g/mol. The van der Waals surface area contributed by atoms with Crippen molar-refractivity contribution < 1.29 is 25.9 Å². The molecule has 19 heavy (non-hydrogen) atoms. The van der Waals surface area contributed by atoms with Crippen LogP contribution in [0.4, 0.5) is 5.69 Å². The van der Waals surface area contributed by atoms with Crippen LogP contribution in [-0.4, -0.2) is 25.9 Å². The van der Waals surface area contributed by atoms with E-state index < -0.39 is 30.0 Å². The number of hydrogen-bond donors (Lipinski definition) is 2. The van der Waals surface area contributed by atoms with E-state index in [1.165, 1.54) is 12.1 Å². The lowest BCUT2D eigenvalue weighted by Gasteiger charge is -2.12. The van der Waals surface area contributed by atoms with Gasteiger partial charge in [-0.2, -0.15) is 8.42 Å². The number of anilines is 1. The van der Waals surface area contributed by atoms with Crippen LogP contribution in [0, 0.1) is 0 Å². The SMILES string of the molecule is Nc1cc(S(=O)(=O)[O-])cc2cccc(S(=O)(=O)O)c12. The van der Waals surface area contributed by atoms with E-state index in [0.717, 1.165) is 18.2 Å². The molecule has 9 heteroatoms. The quantitative estimate of drug-likeness (QED) is 0.611. The third-order valence-corrected chi connectivity index (χ3v) is 4.22. The van der Waals surface area contributed by atoms with Crippen molar-refractivity contribution in [2.45, 2.75) is 9.79 Å². The first-order chi connectivity index (χ1) is 8.60. The van der Waals surface area contributed by atoms with Crippen molar-refractivity contribution >= 4 is 36.7 Å². The summed E-state index contributed by atoms with van der Waals surface area (Å²) in [4.78, 5) is -1.01. The summed E-state index contributed by atoms with van der Waals surface area (Å²) in [5.41, 5.74) is 5.35. The number of nitrogens with two attached hydrogens (primary N) is 1. The summed E-state index contributed by atoms with van der Waals surface area (Å²) >= 11 is 0. The van der Waals surface area contributed by atoms with Crippen molar-refractivity contribution in [3.05, 3.63) is 30.3 Å². The number of fused-ring (bicyclic) bond motifs is 1. The van der Waals surface area contributed by atoms with Crippen LogP contribution >= 0.6 is 0 Å². The Morgan fingerprint density at radius 2 is 1.74 bits per heavy atom. The molecular formula is C10H8NO6S2-. The molecule has 0 aliphatic heterocycles. The summed E-state index contributed by atoms with van der Waals surface area (Å²) in [6, 6.07) is 5.67. The lowest BCUT2D eigenvalue weighted by atomic mass is 10.1. The van der Waals surface area contributed by atoms with Gasteiger partial charge >= 0.3 is 0 Å². The van der Waals surface area contributed by atoms with E-state index in [0.29, 0.717) is 0 Å². The molecule has 3 N–H and O–H groups in total. The summed E-state index contributed by atoms with van der Waals surface area (Å²) in [5, 5.41) is 0.0990. The second-order valence-electron chi connectivity index (χ2n) is 3.80. The van der Waals surface area contributed by atoms with E-state index in [1.54, 1.807) is 0 Å². The van der Waals surface area contributed by atoms with Gasteiger partial charge in [0.1, 0.15) is 15.0 Å². The molecule has 2 aromatic carbocycles. The molecule has 0 fully saturated rings. The van der Waals surface area contributed by atoms with Crippen molar-refractivity contribution in [2.24, 2.45) is 0 Å². The first kappa shape index (κ1) is 13.7. The van der Waals surface area contributed by atoms with E-state index in [2.05, 4.69) is 0 Å². The summed E-state index contributed by atoms with van der Waals surface area (Å²) < 4.78 is 64.3. The highest BCUT2D eigenvalue weighted by molar-refractivity contribution is 7.86. The Morgan fingerprint density at radius 1 is 1.11 bits per heavy atom. The molecule has 0 aliphatic rings. The van der Waals surface area contributed by atoms with Crippen molar-refractivity contribution in [2.75, 3.05) is 5.73 Å². The molecule has 0 aromatic heterocycles. The second-order valence-corrected chi connectivity index (χ2v) is 6.57.